The van der Waals surface area contributed by atoms with Gasteiger partial charge in [-0.2, -0.15) is 0 Å². The molecule has 0 unspecified atom stereocenters. The molecule has 0 radical (unpaired) electrons. The Bertz CT molecular complexity index is 826. The van der Waals surface area contributed by atoms with E-state index in [0.29, 0.717) is 25.1 Å². The number of carbonyl (C=O) groups is 1. The molecule has 0 bridgehead atoms. The lowest BCUT2D eigenvalue weighted by molar-refractivity contribution is 0.0941. The van der Waals surface area contributed by atoms with E-state index in [9.17, 15) is 13.2 Å². The van der Waals surface area contributed by atoms with Crippen molar-refractivity contribution >= 4 is 26.6 Å². The SMILES string of the molecule is COCCn1ccc2ccc(C(=O)N[C@H]3CCS(=O)(=O)C3)cc21. The lowest BCUT2D eigenvalue weighted by Crippen LogP contribution is -2.35. The van der Waals surface area contributed by atoms with E-state index in [1.165, 1.54) is 0 Å². The fourth-order valence-corrected chi connectivity index (χ4v) is 4.56. The molecule has 1 fully saturated rings. The standard InChI is InChI=1S/C16H20N2O4S/c1-22-8-7-18-6-4-12-2-3-13(10-15(12)18)16(19)17-14-5-9-23(20,21)11-14/h2-4,6,10,14H,5,7-9,11H2,1H3,(H,17,19)/t14-/m0/s1. The summed E-state index contributed by atoms with van der Waals surface area (Å²) in [5.74, 6) is -0.0457. The first-order valence-corrected chi connectivity index (χ1v) is 9.40. The van der Waals surface area contributed by atoms with Crippen LogP contribution < -0.4 is 5.32 Å². The monoisotopic (exact) mass is 336 g/mol. The molecule has 1 aromatic heterocycles. The van der Waals surface area contributed by atoms with Crippen LogP contribution in [0.1, 0.15) is 16.8 Å². The zero-order valence-corrected chi connectivity index (χ0v) is 13.8. The molecule has 1 aromatic carbocycles. The van der Waals surface area contributed by atoms with Crippen molar-refractivity contribution in [2.24, 2.45) is 0 Å². The predicted octanol–water partition coefficient (Wildman–Crippen LogP) is 1.20. The molecule has 2 heterocycles. The van der Waals surface area contributed by atoms with E-state index in [1.807, 2.05) is 29.0 Å². The first-order chi connectivity index (χ1) is 11.0. The summed E-state index contributed by atoms with van der Waals surface area (Å²) in [4.78, 5) is 12.4. The number of hydrogen-bond donors (Lipinski definition) is 1. The van der Waals surface area contributed by atoms with E-state index in [1.54, 1.807) is 13.2 Å². The Balaban J connectivity index is 1.78. The Kier molecular flexibility index (Phi) is 4.41. The lowest BCUT2D eigenvalue weighted by atomic mass is 10.1. The van der Waals surface area contributed by atoms with Crippen LogP contribution in [0.3, 0.4) is 0 Å². The van der Waals surface area contributed by atoms with E-state index in [-0.39, 0.29) is 23.5 Å². The second kappa shape index (κ2) is 6.33. The molecule has 6 nitrogen and oxygen atoms in total. The largest absolute Gasteiger partial charge is 0.383 e. The quantitative estimate of drug-likeness (QED) is 0.890. The molecule has 2 aromatic rings. The number of fused-ring (bicyclic) bond motifs is 1. The molecular formula is C16H20N2O4S. The van der Waals surface area contributed by atoms with Crippen molar-refractivity contribution in [1.82, 2.24) is 9.88 Å². The number of ether oxygens (including phenoxy) is 1. The number of hydrogen-bond acceptors (Lipinski definition) is 4. The van der Waals surface area contributed by atoms with Gasteiger partial charge in [0.05, 0.1) is 18.1 Å². The first kappa shape index (κ1) is 16.0. The molecule has 1 saturated heterocycles. The van der Waals surface area contributed by atoms with Gasteiger partial charge < -0.3 is 14.6 Å². The Morgan fingerprint density at radius 1 is 1.39 bits per heavy atom. The molecule has 1 N–H and O–H groups in total. The third-order valence-corrected chi connectivity index (χ3v) is 5.91. The van der Waals surface area contributed by atoms with Gasteiger partial charge in [-0.25, -0.2) is 8.42 Å². The second-order valence-electron chi connectivity index (χ2n) is 5.85. The van der Waals surface area contributed by atoms with Crippen LogP contribution in [-0.4, -0.2) is 50.2 Å². The molecule has 3 rings (SSSR count). The Labute approximate surface area is 135 Å². The van der Waals surface area contributed by atoms with Gasteiger partial charge in [0, 0.05) is 37.0 Å². The summed E-state index contributed by atoms with van der Waals surface area (Å²) in [6, 6.07) is 7.21. The highest BCUT2D eigenvalue weighted by atomic mass is 32.2. The van der Waals surface area contributed by atoms with Crippen molar-refractivity contribution in [2.75, 3.05) is 25.2 Å². The van der Waals surface area contributed by atoms with Crippen LogP contribution in [-0.2, 0) is 21.1 Å². The Hall–Kier alpha value is -1.86. The highest BCUT2D eigenvalue weighted by molar-refractivity contribution is 7.91. The van der Waals surface area contributed by atoms with Gasteiger partial charge in [0.25, 0.3) is 5.91 Å². The van der Waals surface area contributed by atoms with Gasteiger partial charge >= 0.3 is 0 Å². The molecule has 1 aliphatic heterocycles. The zero-order chi connectivity index (χ0) is 16.4. The fourth-order valence-electron chi connectivity index (χ4n) is 2.89. The molecule has 0 saturated carbocycles. The number of benzene rings is 1. The van der Waals surface area contributed by atoms with Crippen molar-refractivity contribution in [2.45, 2.75) is 19.0 Å². The average Bonchev–Trinajstić information content (AvgIpc) is 3.07. The van der Waals surface area contributed by atoms with Gasteiger partial charge in [-0.05, 0) is 30.0 Å². The zero-order valence-electron chi connectivity index (χ0n) is 13.0. The summed E-state index contributed by atoms with van der Waals surface area (Å²) < 4.78 is 30.1. The maximum atomic E-state index is 12.4. The van der Waals surface area contributed by atoms with Crippen molar-refractivity contribution < 1.29 is 17.9 Å². The summed E-state index contributed by atoms with van der Waals surface area (Å²) >= 11 is 0. The number of methoxy groups -OCH3 is 1. The molecule has 1 amide bonds. The fraction of sp³-hybridized carbons (Fsp3) is 0.438. The van der Waals surface area contributed by atoms with Crippen LogP contribution in [0, 0.1) is 0 Å². The summed E-state index contributed by atoms with van der Waals surface area (Å²) in [6.45, 7) is 1.31. The first-order valence-electron chi connectivity index (χ1n) is 7.57. The highest BCUT2D eigenvalue weighted by Gasteiger charge is 2.29. The number of aromatic nitrogens is 1. The predicted molar refractivity (Wildman–Crippen MR) is 88.3 cm³/mol. The Morgan fingerprint density at radius 3 is 2.91 bits per heavy atom. The lowest BCUT2D eigenvalue weighted by Gasteiger charge is -2.11. The third kappa shape index (κ3) is 3.56. The smallest absolute Gasteiger partial charge is 0.251 e. The number of nitrogens with zero attached hydrogens (tertiary/aromatic N) is 1. The van der Waals surface area contributed by atoms with Gasteiger partial charge in [-0.3, -0.25) is 4.79 Å². The van der Waals surface area contributed by atoms with E-state index in [4.69, 9.17) is 4.74 Å². The van der Waals surface area contributed by atoms with Crippen molar-refractivity contribution in [3.63, 3.8) is 0 Å². The summed E-state index contributed by atoms with van der Waals surface area (Å²) in [7, 11) is -1.35. The van der Waals surface area contributed by atoms with Crippen LogP contribution in [0.4, 0.5) is 0 Å². The minimum atomic E-state index is -3.00. The average molecular weight is 336 g/mol. The Morgan fingerprint density at radius 2 is 2.22 bits per heavy atom. The van der Waals surface area contributed by atoms with Gasteiger partial charge in [-0.15, -0.1) is 0 Å². The number of sulfone groups is 1. The van der Waals surface area contributed by atoms with Crippen LogP contribution >= 0.6 is 0 Å². The maximum Gasteiger partial charge on any atom is 0.251 e. The summed E-state index contributed by atoms with van der Waals surface area (Å²) in [5.41, 5.74) is 1.51. The summed E-state index contributed by atoms with van der Waals surface area (Å²) in [5, 5.41) is 3.87. The maximum absolute atomic E-state index is 12.4. The molecule has 23 heavy (non-hydrogen) atoms. The van der Waals surface area contributed by atoms with E-state index in [2.05, 4.69) is 5.32 Å². The normalized spacial score (nSPS) is 20.0. The van der Waals surface area contributed by atoms with Crippen LogP contribution in [0.2, 0.25) is 0 Å². The molecular weight excluding hydrogens is 316 g/mol. The van der Waals surface area contributed by atoms with Gasteiger partial charge in [0.15, 0.2) is 9.84 Å². The van der Waals surface area contributed by atoms with Gasteiger partial charge in [-0.1, -0.05) is 6.07 Å². The molecule has 7 heteroatoms. The van der Waals surface area contributed by atoms with Crippen LogP contribution in [0.15, 0.2) is 30.5 Å². The van der Waals surface area contributed by atoms with Gasteiger partial charge in [0.1, 0.15) is 0 Å². The van der Waals surface area contributed by atoms with Crippen molar-refractivity contribution in [1.29, 1.82) is 0 Å². The van der Waals surface area contributed by atoms with E-state index >= 15 is 0 Å². The van der Waals surface area contributed by atoms with E-state index < -0.39 is 9.84 Å². The minimum absolute atomic E-state index is 0.0329. The molecule has 0 spiro atoms. The van der Waals surface area contributed by atoms with Gasteiger partial charge in [0.2, 0.25) is 0 Å². The molecule has 0 aliphatic carbocycles. The van der Waals surface area contributed by atoms with Crippen molar-refractivity contribution in [3.8, 4) is 0 Å². The second-order valence-corrected chi connectivity index (χ2v) is 8.08. The minimum Gasteiger partial charge on any atom is -0.383 e. The van der Waals surface area contributed by atoms with Crippen LogP contribution in [0.25, 0.3) is 10.9 Å². The summed E-state index contributed by atoms with van der Waals surface area (Å²) in [6.07, 6.45) is 2.45. The number of amides is 1. The topological polar surface area (TPSA) is 77.4 Å². The van der Waals surface area contributed by atoms with Crippen LogP contribution in [0.5, 0.6) is 0 Å². The van der Waals surface area contributed by atoms with Crippen molar-refractivity contribution in [3.05, 3.63) is 36.0 Å². The van der Waals surface area contributed by atoms with E-state index in [0.717, 1.165) is 10.9 Å². The number of rotatable bonds is 5. The molecule has 124 valence electrons. The third-order valence-electron chi connectivity index (χ3n) is 4.14. The molecule has 1 aliphatic rings. The number of carbonyl (C=O) groups excluding carboxylic acids is 1. The highest BCUT2D eigenvalue weighted by Crippen LogP contribution is 2.19. The number of nitrogens with one attached hydrogen (secondary N) is 1. The molecule has 1 atom stereocenters.